The summed E-state index contributed by atoms with van der Waals surface area (Å²) in [6.45, 7) is 4.31. The Bertz CT molecular complexity index is 188. The minimum absolute atomic E-state index is 0.0314. The molecule has 0 fully saturated rings. The lowest BCUT2D eigenvalue weighted by Gasteiger charge is -2.25. The molecule has 5 heteroatoms. The van der Waals surface area contributed by atoms with Crippen molar-refractivity contribution in [3.05, 3.63) is 0 Å². The Morgan fingerprint density at radius 1 is 1.53 bits per heavy atom. The highest BCUT2D eigenvalue weighted by molar-refractivity contribution is 5.74. The average Bonchev–Trinajstić information content (AvgIpc) is 2.23. The number of aliphatic hydroxyl groups excluding tert-OH is 1. The molecule has 15 heavy (non-hydrogen) atoms. The highest BCUT2D eigenvalue weighted by Gasteiger charge is 2.16. The van der Waals surface area contributed by atoms with Gasteiger partial charge in [-0.3, -0.25) is 0 Å². The highest BCUT2D eigenvalue weighted by atomic mass is 16.5. The number of nitrogens with zero attached hydrogens (tertiary/aromatic N) is 1. The number of ether oxygens (including phenoxy) is 1. The summed E-state index contributed by atoms with van der Waals surface area (Å²) in [7, 11) is 3.30. The molecule has 0 bridgehead atoms. The first-order valence-corrected chi connectivity index (χ1v) is 5.16. The Hall–Kier alpha value is -0.810. The fourth-order valence-electron chi connectivity index (χ4n) is 1.00. The van der Waals surface area contributed by atoms with Gasteiger partial charge in [0.05, 0.1) is 12.6 Å². The maximum absolute atomic E-state index is 11.6. The van der Waals surface area contributed by atoms with E-state index in [1.165, 1.54) is 4.90 Å². The molecule has 2 unspecified atom stereocenters. The molecule has 0 aliphatic heterocycles. The number of carbonyl (C=O) groups is 1. The standard InChI is InChI=1S/C10H22N2O3/c1-8(5-6-15-4)11-10(14)12(3)9(2)7-13/h8-9,13H,5-7H2,1-4H3,(H,11,14). The van der Waals surface area contributed by atoms with Crippen LogP contribution in [-0.4, -0.2) is 55.5 Å². The number of hydrogen-bond donors (Lipinski definition) is 2. The van der Waals surface area contributed by atoms with Crippen molar-refractivity contribution in [3.63, 3.8) is 0 Å². The molecule has 0 aromatic carbocycles. The average molecular weight is 218 g/mol. The summed E-state index contributed by atoms with van der Waals surface area (Å²) in [5, 5.41) is 11.7. The molecule has 90 valence electrons. The van der Waals surface area contributed by atoms with Gasteiger partial charge in [-0.2, -0.15) is 0 Å². The van der Waals surface area contributed by atoms with E-state index in [2.05, 4.69) is 5.32 Å². The van der Waals surface area contributed by atoms with Crippen molar-refractivity contribution in [3.8, 4) is 0 Å². The van der Waals surface area contributed by atoms with Crippen LogP contribution in [0.3, 0.4) is 0 Å². The number of urea groups is 1. The molecule has 0 aliphatic rings. The SMILES string of the molecule is COCCC(C)NC(=O)N(C)C(C)CO. The number of carbonyl (C=O) groups excluding carboxylic acids is 1. The van der Waals surface area contributed by atoms with Crippen LogP contribution in [0.15, 0.2) is 0 Å². The second kappa shape index (κ2) is 7.48. The van der Waals surface area contributed by atoms with E-state index in [0.717, 1.165) is 6.42 Å². The summed E-state index contributed by atoms with van der Waals surface area (Å²) >= 11 is 0. The summed E-state index contributed by atoms with van der Waals surface area (Å²) < 4.78 is 4.92. The first-order valence-electron chi connectivity index (χ1n) is 5.16. The minimum Gasteiger partial charge on any atom is -0.394 e. The molecule has 0 spiro atoms. The molecule has 0 aliphatic carbocycles. The van der Waals surface area contributed by atoms with E-state index in [9.17, 15) is 4.79 Å². The Balaban J connectivity index is 3.90. The van der Waals surface area contributed by atoms with Crippen LogP contribution in [0.25, 0.3) is 0 Å². The molecule has 0 aromatic rings. The number of hydrogen-bond acceptors (Lipinski definition) is 3. The summed E-state index contributed by atoms with van der Waals surface area (Å²) in [5.74, 6) is 0. The van der Waals surface area contributed by atoms with E-state index in [4.69, 9.17) is 9.84 Å². The van der Waals surface area contributed by atoms with Gasteiger partial charge in [0.15, 0.2) is 0 Å². The molecular weight excluding hydrogens is 196 g/mol. The summed E-state index contributed by atoms with van der Waals surface area (Å²) in [4.78, 5) is 13.1. The van der Waals surface area contributed by atoms with Crippen LogP contribution in [-0.2, 0) is 4.74 Å². The van der Waals surface area contributed by atoms with Crippen LogP contribution >= 0.6 is 0 Å². The Kier molecular flexibility index (Phi) is 7.07. The Morgan fingerprint density at radius 2 is 2.13 bits per heavy atom. The normalized spacial score (nSPS) is 14.5. The number of amides is 2. The molecule has 2 atom stereocenters. The topological polar surface area (TPSA) is 61.8 Å². The van der Waals surface area contributed by atoms with Crippen molar-refractivity contribution < 1.29 is 14.6 Å². The minimum atomic E-state index is -0.167. The summed E-state index contributed by atoms with van der Waals surface area (Å²) in [5.41, 5.74) is 0. The van der Waals surface area contributed by atoms with E-state index in [1.807, 2.05) is 6.92 Å². The van der Waals surface area contributed by atoms with Gasteiger partial charge in [0.25, 0.3) is 0 Å². The van der Waals surface area contributed by atoms with Crippen molar-refractivity contribution in [1.29, 1.82) is 0 Å². The van der Waals surface area contributed by atoms with Crippen molar-refractivity contribution >= 4 is 6.03 Å². The predicted molar refractivity (Wildman–Crippen MR) is 58.8 cm³/mol. The zero-order valence-corrected chi connectivity index (χ0v) is 9.99. The second-order valence-electron chi connectivity index (χ2n) is 3.77. The molecule has 0 aromatic heterocycles. The lowest BCUT2D eigenvalue weighted by Crippen LogP contribution is -2.46. The third-order valence-corrected chi connectivity index (χ3v) is 2.37. The molecular formula is C10H22N2O3. The first kappa shape index (κ1) is 14.2. The molecule has 0 heterocycles. The van der Waals surface area contributed by atoms with Gasteiger partial charge in [-0.1, -0.05) is 0 Å². The predicted octanol–water partition coefficient (Wildman–Crippen LogP) is 0.434. The molecule has 0 radical (unpaired) electrons. The van der Waals surface area contributed by atoms with E-state index in [1.54, 1.807) is 21.1 Å². The van der Waals surface area contributed by atoms with Crippen LogP contribution in [0.1, 0.15) is 20.3 Å². The van der Waals surface area contributed by atoms with Crippen LogP contribution in [0.2, 0.25) is 0 Å². The Labute approximate surface area is 91.4 Å². The van der Waals surface area contributed by atoms with Gasteiger partial charge in [0.1, 0.15) is 0 Å². The lowest BCUT2D eigenvalue weighted by atomic mass is 10.2. The van der Waals surface area contributed by atoms with E-state index < -0.39 is 0 Å². The van der Waals surface area contributed by atoms with Gasteiger partial charge in [-0.25, -0.2) is 4.79 Å². The molecule has 5 nitrogen and oxygen atoms in total. The van der Waals surface area contributed by atoms with Crippen LogP contribution in [0.5, 0.6) is 0 Å². The van der Waals surface area contributed by atoms with Crippen LogP contribution in [0.4, 0.5) is 4.79 Å². The monoisotopic (exact) mass is 218 g/mol. The summed E-state index contributed by atoms with van der Waals surface area (Å²) in [6.07, 6.45) is 0.781. The zero-order valence-electron chi connectivity index (χ0n) is 9.99. The highest BCUT2D eigenvalue weighted by Crippen LogP contribution is 1.97. The van der Waals surface area contributed by atoms with Crippen LogP contribution in [0, 0.1) is 0 Å². The third kappa shape index (κ3) is 5.59. The smallest absolute Gasteiger partial charge is 0.317 e. The van der Waals surface area contributed by atoms with Gasteiger partial charge in [0.2, 0.25) is 0 Å². The van der Waals surface area contributed by atoms with Crippen molar-refractivity contribution in [2.24, 2.45) is 0 Å². The number of rotatable bonds is 6. The Morgan fingerprint density at radius 3 is 2.60 bits per heavy atom. The zero-order chi connectivity index (χ0) is 11.8. The largest absolute Gasteiger partial charge is 0.394 e. The molecule has 2 amide bonds. The maximum Gasteiger partial charge on any atom is 0.317 e. The third-order valence-electron chi connectivity index (χ3n) is 2.37. The van der Waals surface area contributed by atoms with E-state index in [-0.39, 0.29) is 24.7 Å². The van der Waals surface area contributed by atoms with Crippen molar-refractivity contribution in [2.45, 2.75) is 32.4 Å². The van der Waals surface area contributed by atoms with Gasteiger partial charge in [-0.15, -0.1) is 0 Å². The number of methoxy groups -OCH3 is 1. The van der Waals surface area contributed by atoms with Crippen LogP contribution < -0.4 is 5.32 Å². The number of aliphatic hydroxyl groups is 1. The van der Waals surface area contributed by atoms with Gasteiger partial charge >= 0.3 is 6.03 Å². The summed E-state index contributed by atoms with van der Waals surface area (Å²) in [6, 6.07) is -0.259. The lowest BCUT2D eigenvalue weighted by molar-refractivity contribution is 0.150. The fraction of sp³-hybridized carbons (Fsp3) is 0.900. The second-order valence-corrected chi connectivity index (χ2v) is 3.77. The van der Waals surface area contributed by atoms with Gasteiger partial charge < -0.3 is 20.1 Å². The van der Waals surface area contributed by atoms with Crippen molar-refractivity contribution in [2.75, 3.05) is 27.4 Å². The molecule has 0 saturated carbocycles. The fourth-order valence-corrected chi connectivity index (χ4v) is 1.00. The van der Waals surface area contributed by atoms with Gasteiger partial charge in [-0.05, 0) is 20.3 Å². The van der Waals surface area contributed by atoms with E-state index in [0.29, 0.717) is 6.61 Å². The number of nitrogens with one attached hydrogen (secondary N) is 1. The van der Waals surface area contributed by atoms with E-state index >= 15 is 0 Å². The number of likely N-dealkylation sites (N-methyl/N-ethyl adjacent to an activating group) is 1. The quantitative estimate of drug-likeness (QED) is 0.680. The van der Waals surface area contributed by atoms with Crippen molar-refractivity contribution in [1.82, 2.24) is 10.2 Å². The molecule has 2 N–H and O–H groups in total. The molecule has 0 saturated heterocycles. The maximum atomic E-state index is 11.6. The molecule has 0 rings (SSSR count). The van der Waals surface area contributed by atoms with Gasteiger partial charge in [0, 0.05) is 26.8 Å². The first-order chi connectivity index (χ1) is 7.02.